The number of piperidine rings is 1. The van der Waals surface area contributed by atoms with E-state index in [2.05, 4.69) is 27.8 Å². The monoisotopic (exact) mass is 570 g/mol. The molecular weight excluding hydrogens is 538 g/mol. The molecule has 0 spiro atoms. The van der Waals surface area contributed by atoms with Crippen molar-refractivity contribution in [1.82, 2.24) is 5.32 Å². The standard InChI is InChI=1S/C28H32F6N4O2/c1-17-9-11-38(12-10-17)24-8-7-21(16-23(24)25(39)35-20-5-3-2-4-6-20)36-26(40)37-22-14-18(27(29,30)31)13-19(15-22)28(32,33)34/h7-8,13-17,20H,2-6,9-12H2,1H3,(H,35,39)(H2,36,37,40). The van der Waals surface area contributed by atoms with E-state index in [4.69, 9.17) is 0 Å². The number of hydrogen-bond donors (Lipinski definition) is 3. The lowest BCUT2D eigenvalue weighted by molar-refractivity contribution is -0.143. The van der Waals surface area contributed by atoms with Gasteiger partial charge in [-0.15, -0.1) is 0 Å². The van der Waals surface area contributed by atoms with Crippen LogP contribution in [-0.4, -0.2) is 31.1 Å². The summed E-state index contributed by atoms with van der Waals surface area (Å²) in [6.07, 6.45) is -3.25. The summed E-state index contributed by atoms with van der Waals surface area (Å²) >= 11 is 0. The number of rotatable bonds is 5. The van der Waals surface area contributed by atoms with Crippen molar-refractivity contribution in [3.63, 3.8) is 0 Å². The minimum Gasteiger partial charge on any atom is -0.371 e. The summed E-state index contributed by atoms with van der Waals surface area (Å²) in [5.74, 6) is 0.270. The van der Waals surface area contributed by atoms with Gasteiger partial charge in [-0.2, -0.15) is 26.3 Å². The lowest BCUT2D eigenvalue weighted by atomic mass is 9.95. The second-order valence-corrected chi connectivity index (χ2v) is 10.6. The van der Waals surface area contributed by atoms with Gasteiger partial charge in [-0.25, -0.2) is 4.79 Å². The van der Waals surface area contributed by atoms with Gasteiger partial charge in [0.15, 0.2) is 0 Å². The van der Waals surface area contributed by atoms with Gasteiger partial charge in [0.25, 0.3) is 5.91 Å². The minimum atomic E-state index is -5.04. The summed E-state index contributed by atoms with van der Waals surface area (Å²) < 4.78 is 79.1. The Morgan fingerprint density at radius 1 is 0.775 bits per heavy atom. The number of carbonyl (C=O) groups is 2. The molecule has 0 radical (unpaired) electrons. The molecule has 1 aliphatic carbocycles. The number of benzene rings is 2. The first-order chi connectivity index (χ1) is 18.8. The maximum atomic E-state index is 13.4. The van der Waals surface area contributed by atoms with E-state index in [0.29, 0.717) is 29.3 Å². The third-order valence-electron chi connectivity index (χ3n) is 7.41. The highest BCUT2D eigenvalue weighted by Gasteiger charge is 2.37. The third kappa shape index (κ3) is 7.60. The van der Waals surface area contributed by atoms with Crippen LogP contribution in [0.25, 0.3) is 0 Å². The van der Waals surface area contributed by atoms with Crippen molar-refractivity contribution in [2.24, 2.45) is 5.92 Å². The Morgan fingerprint density at radius 2 is 1.35 bits per heavy atom. The Balaban J connectivity index is 1.56. The molecule has 2 aromatic rings. The summed E-state index contributed by atoms with van der Waals surface area (Å²) in [6.45, 7) is 3.69. The summed E-state index contributed by atoms with van der Waals surface area (Å²) in [5.41, 5.74) is -2.54. The van der Waals surface area contributed by atoms with E-state index >= 15 is 0 Å². The topological polar surface area (TPSA) is 73.5 Å². The van der Waals surface area contributed by atoms with Crippen LogP contribution in [0.15, 0.2) is 36.4 Å². The van der Waals surface area contributed by atoms with Gasteiger partial charge >= 0.3 is 18.4 Å². The number of hydrogen-bond acceptors (Lipinski definition) is 3. The molecule has 40 heavy (non-hydrogen) atoms. The zero-order chi connectivity index (χ0) is 29.1. The van der Waals surface area contributed by atoms with Crippen LogP contribution in [0.2, 0.25) is 0 Å². The molecule has 0 bridgehead atoms. The van der Waals surface area contributed by atoms with Crippen molar-refractivity contribution in [3.05, 3.63) is 53.1 Å². The summed E-state index contributed by atoms with van der Waals surface area (Å²) in [6, 6.07) is 4.57. The van der Waals surface area contributed by atoms with E-state index in [1.807, 2.05) is 0 Å². The Bertz CT molecular complexity index is 1180. The van der Waals surface area contributed by atoms with Crippen molar-refractivity contribution in [3.8, 4) is 0 Å². The van der Waals surface area contributed by atoms with Gasteiger partial charge in [-0.05, 0) is 68.0 Å². The number of anilines is 3. The van der Waals surface area contributed by atoms with Crippen LogP contribution in [0.1, 0.15) is 73.4 Å². The van der Waals surface area contributed by atoms with Crippen LogP contribution >= 0.6 is 0 Å². The van der Waals surface area contributed by atoms with Gasteiger partial charge in [0.1, 0.15) is 0 Å². The molecule has 3 N–H and O–H groups in total. The Labute approximate surface area is 228 Å². The molecule has 6 nitrogen and oxygen atoms in total. The highest BCUT2D eigenvalue weighted by molar-refractivity contribution is 6.04. The van der Waals surface area contributed by atoms with Crippen molar-refractivity contribution in [1.29, 1.82) is 0 Å². The quantitative estimate of drug-likeness (QED) is 0.323. The summed E-state index contributed by atoms with van der Waals surface area (Å²) in [5, 5.41) is 7.56. The fourth-order valence-electron chi connectivity index (χ4n) is 5.15. The lowest BCUT2D eigenvalue weighted by Gasteiger charge is -2.34. The second kappa shape index (κ2) is 12.0. The zero-order valence-corrected chi connectivity index (χ0v) is 22.0. The number of urea groups is 1. The molecule has 2 aromatic carbocycles. The highest BCUT2D eigenvalue weighted by atomic mass is 19.4. The van der Waals surface area contributed by atoms with E-state index in [0.717, 1.165) is 58.0 Å². The van der Waals surface area contributed by atoms with Gasteiger partial charge in [0.05, 0.1) is 16.7 Å². The fraction of sp³-hybridized carbons (Fsp3) is 0.500. The molecular formula is C28H32F6N4O2. The molecule has 0 atom stereocenters. The largest absolute Gasteiger partial charge is 0.416 e. The minimum absolute atomic E-state index is 0.0135. The number of halogens is 6. The molecule has 1 aliphatic heterocycles. The Kier molecular flexibility index (Phi) is 8.84. The molecule has 1 saturated carbocycles. The van der Waals surface area contributed by atoms with Crippen molar-refractivity contribution >= 4 is 29.0 Å². The third-order valence-corrected chi connectivity index (χ3v) is 7.41. The number of nitrogens with zero attached hydrogens (tertiary/aromatic N) is 1. The van der Waals surface area contributed by atoms with Gasteiger partial charge < -0.3 is 20.9 Å². The van der Waals surface area contributed by atoms with Gasteiger partial charge in [0, 0.05) is 36.2 Å². The Morgan fingerprint density at radius 3 is 1.93 bits per heavy atom. The van der Waals surface area contributed by atoms with Crippen molar-refractivity contribution in [2.75, 3.05) is 28.6 Å². The molecule has 1 heterocycles. The average molecular weight is 571 g/mol. The van der Waals surface area contributed by atoms with Crippen LogP contribution < -0.4 is 20.9 Å². The van der Waals surface area contributed by atoms with Crippen molar-refractivity contribution in [2.45, 2.75) is 70.3 Å². The lowest BCUT2D eigenvalue weighted by Crippen LogP contribution is -2.38. The summed E-state index contributed by atoms with van der Waals surface area (Å²) in [4.78, 5) is 28.1. The van der Waals surface area contributed by atoms with Crippen LogP contribution in [0.5, 0.6) is 0 Å². The van der Waals surface area contributed by atoms with Crippen LogP contribution in [0.4, 0.5) is 48.2 Å². The maximum Gasteiger partial charge on any atom is 0.416 e. The first kappa shape index (κ1) is 29.5. The van der Waals surface area contributed by atoms with E-state index in [-0.39, 0.29) is 23.7 Å². The van der Waals surface area contributed by atoms with Gasteiger partial charge in [-0.1, -0.05) is 26.2 Å². The molecule has 2 fully saturated rings. The predicted octanol–water partition coefficient (Wildman–Crippen LogP) is 7.67. The predicted molar refractivity (Wildman–Crippen MR) is 140 cm³/mol. The SMILES string of the molecule is CC1CCN(c2ccc(NC(=O)Nc3cc(C(F)(F)F)cc(C(F)(F)F)c3)cc2C(=O)NC2CCCCC2)CC1. The van der Waals surface area contributed by atoms with E-state index in [9.17, 15) is 35.9 Å². The number of carbonyl (C=O) groups excluding carboxylic acids is 2. The molecule has 0 aromatic heterocycles. The highest BCUT2D eigenvalue weighted by Crippen LogP contribution is 2.37. The Hall–Kier alpha value is -3.44. The van der Waals surface area contributed by atoms with Crippen molar-refractivity contribution < 1.29 is 35.9 Å². The van der Waals surface area contributed by atoms with Gasteiger partial charge in [0.2, 0.25) is 0 Å². The number of amides is 3. The van der Waals surface area contributed by atoms with Crippen LogP contribution in [-0.2, 0) is 12.4 Å². The normalized spacial score (nSPS) is 17.4. The molecule has 12 heteroatoms. The molecule has 218 valence electrons. The summed E-state index contributed by atoms with van der Waals surface area (Å²) in [7, 11) is 0. The fourth-order valence-corrected chi connectivity index (χ4v) is 5.15. The molecule has 1 saturated heterocycles. The van der Waals surface area contributed by atoms with Gasteiger partial charge in [-0.3, -0.25) is 4.79 Å². The van der Waals surface area contributed by atoms with E-state index in [1.165, 1.54) is 6.07 Å². The zero-order valence-electron chi connectivity index (χ0n) is 22.0. The first-order valence-corrected chi connectivity index (χ1v) is 13.4. The number of nitrogens with one attached hydrogen (secondary N) is 3. The van der Waals surface area contributed by atoms with E-state index < -0.39 is 35.2 Å². The molecule has 3 amide bonds. The number of alkyl halides is 6. The average Bonchev–Trinajstić information content (AvgIpc) is 2.88. The smallest absolute Gasteiger partial charge is 0.371 e. The maximum absolute atomic E-state index is 13.4. The van der Waals surface area contributed by atoms with Crippen LogP contribution in [0, 0.1) is 5.92 Å². The van der Waals surface area contributed by atoms with E-state index in [1.54, 1.807) is 12.1 Å². The molecule has 0 unspecified atom stereocenters. The molecule has 4 rings (SSSR count). The van der Waals surface area contributed by atoms with Crippen LogP contribution in [0.3, 0.4) is 0 Å². The molecule has 2 aliphatic rings. The first-order valence-electron chi connectivity index (χ1n) is 13.4. The second-order valence-electron chi connectivity index (χ2n) is 10.6.